The molecule has 1 heterocycles. The second-order valence-corrected chi connectivity index (χ2v) is 6.93. The summed E-state index contributed by atoms with van der Waals surface area (Å²) < 4.78 is 5.48. The van der Waals surface area contributed by atoms with Crippen LogP contribution in [-0.2, 0) is 4.74 Å². The summed E-state index contributed by atoms with van der Waals surface area (Å²) in [5, 5.41) is 3.44. The predicted octanol–water partition coefficient (Wildman–Crippen LogP) is 2.75. The van der Waals surface area contributed by atoms with E-state index in [0.29, 0.717) is 5.92 Å². The fourth-order valence-corrected chi connectivity index (χ4v) is 3.40. The molecule has 0 aromatic heterocycles. The van der Waals surface area contributed by atoms with Crippen molar-refractivity contribution in [3.63, 3.8) is 0 Å². The van der Waals surface area contributed by atoms with E-state index in [4.69, 9.17) is 9.73 Å². The maximum atomic E-state index is 5.48. The monoisotopic (exact) mass is 295 g/mol. The molecule has 1 unspecified atom stereocenters. The highest BCUT2D eigenvalue weighted by Gasteiger charge is 2.20. The first-order chi connectivity index (χ1) is 10.2. The number of ether oxygens (including phenoxy) is 1. The molecule has 4 heteroatoms. The van der Waals surface area contributed by atoms with Crippen molar-refractivity contribution in [3.8, 4) is 0 Å². The van der Waals surface area contributed by atoms with Gasteiger partial charge in [-0.05, 0) is 38.0 Å². The summed E-state index contributed by atoms with van der Waals surface area (Å²) >= 11 is 0. The van der Waals surface area contributed by atoms with E-state index in [1.807, 2.05) is 0 Å². The van der Waals surface area contributed by atoms with E-state index in [1.165, 1.54) is 32.1 Å². The van der Waals surface area contributed by atoms with Crippen molar-refractivity contribution in [2.45, 2.75) is 46.0 Å². The number of guanidine groups is 1. The van der Waals surface area contributed by atoms with E-state index >= 15 is 0 Å². The Morgan fingerprint density at radius 2 is 1.95 bits per heavy atom. The summed E-state index contributed by atoms with van der Waals surface area (Å²) in [4.78, 5) is 7.18. The molecule has 0 aromatic rings. The number of aliphatic imine (C=N–C) groups is 1. The van der Waals surface area contributed by atoms with E-state index in [-0.39, 0.29) is 0 Å². The zero-order valence-corrected chi connectivity index (χ0v) is 14.1. The quantitative estimate of drug-likeness (QED) is 0.626. The Kier molecular flexibility index (Phi) is 6.81. The Bertz CT molecular complexity index is 318. The smallest absolute Gasteiger partial charge is 0.193 e. The summed E-state index contributed by atoms with van der Waals surface area (Å²) in [6, 6.07) is 0. The number of hydrogen-bond donors (Lipinski definition) is 1. The number of nitrogens with one attached hydrogen (secondary N) is 1. The van der Waals surface area contributed by atoms with Crippen molar-refractivity contribution < 1.29 is 4.74 Å². The summed E-state index contributed by atoms with van der Waals surface area (Å²) in [5.41, 5.74) is 0. The SMILES string of the molecule is CCNC(=NCC1CCC(C)CC1)N(C)CC1CCOC1. The molecule has 0 amide bonds. The Labute approximate surface area is 130 Å². The largest absolute Gasteiger partial charge is 0.381 e. The molecular weight excluding hydrogens is 262 g/mol. The second-order valence-electron chi connectivity index (χ2n) is 6.93. The van der Waals surface area contributed by atoms with Gasteiger partial charge in [0.05, 0.1) is 6.61 Å². The van der Waals surface area contributed by atoms with Gasteiger partial charge in [-0.2, -0.15) is 0 Å². The maximum absolute atomic E-state index is 5.48. The fraction of sp³-hybridized carbons (Fsp3) is 0.941. The molecule has 1 saturated heterocycles. The molecule has 0 radical (unpaired) electrons. The lowest BCUT2D eigenvalue weighted by Crippen LogP contribution is -2.41. The van der Waals surface area contributed by atoms with E-state index in [0.717, 1.165) is 50.6 Å². The van der Waals surface area contributed by atoms with Gasteiger partial charge in [-0.1, -0.05) is 19.8 Å². The van der Waals surface area contributed by atoms with E-state index in [1.54, 1.807) is 0 Å². The summed E-state index contributed by atoms with van der Waals surface area (Å²) in [5.74, 6) is 3.44. The van der Waals surface area contributed by atoms with Gasteiger partial charge in [0.15, 0.2) is 5.96 Å². The third kappa shape index (κ3) is 5.50. The van der Waals surface area contributed by atoms with Crippen molar-refractivity contribution in [2.24, 2.45) is 22.7 Å². The Hall–Kier alpha value is -0.770. The van der Waals surface area contributed by atoms with Crippen molar-refractivity contribution in [2.75, 3.05) is 39.9 Å². The number of rotatable bonds is 5. The van der Waals surface area contributed by atoms with E-state index < -0.39 is 0 Å². The third-order valence-corrected chi connectivity index (χ3v) is 4.89. The molecule has 0 bridgehead atoms. The van der Waals surface area contributed by atoms with Crippen LogP contribution in [0.2, 0.25) is 0 Å². The van der Waals surface area contributed by atoms with Gasteiger partial charge in [0.25, 0.3) is 0 Å². The topological polar surface area (TPSA) is 36.9 Å². The molecule has 21 heavy (non-hydrogen) atoms. The van der Waals surface area contributed by atoms with Crippen molar-refractivity contribution in [3.05, 3.63) is 0 Å². The average Bonchev–Trinajstić information content (AvgIpc) is 2.98. The van der Waals surface area contributed by atoms with Gasteiger partial charge in [-0.25, -0.2) is 0 Å². The minimum absolute atomic E-state index is 0.661. The average molecular weight is 295 g/mol. The molecule has 1 aliphatic carbocycles. The molecule has 2 rings (SSSR count). The van der Waals surface area contributed by atoms with Gasteiger partial charge in [-0.3, -0.25) is 4.99 Å². The fourth-order valence-electron chi connectivity index (χ4n) is 3.40. The minimum Gasteiger partial charge on any atom is -0.381 e. The van der Waals surface area contributed by atoms with Crippen molar-refractivity contribution in [1.29, 1.82) is 0 Å². The van der Waals surface area contributed by atoms with Gasteiger partial charge in [-0.15, -0.1) is 0 Å². The van der Waals surface area contributed by atoms with Crippen LogP contribution in [0.3, 0.4) is 0 Å². The lowest BCUT2D eigenvalue weighted by atomic mass is 9.83. The van der Waals surface area contributed by atoms with Gasteiger partial charge in [0, 0.05) is 39.2 Å². The van der Waals surface area contributed by atoms with Gasteiger partial charge in [0.1, 0.15) is 0 Å². The Morgan fingerprint density at radius 3 is 2.57 bits per heavy atom. The molecule has 1 saturated carbocycles. The lowest BCUT2D eigenvalue weighted by molar-refractivity contribution is 0.181. The van der Waals surface area contributed by atoms with E-state index in [9.17, 15) is 0 Å². The lowest BCUT2D eigenvalue weighted by Gasteiger charge is -2.27. The van der Waals surface area contributed by atoms with Crippen LogP contribution in [0.1, 0.15) is 46.0 Å². The minimum atomic E-state index is 0.661. The van der Waals surface area contributed by atoms with Gasteiger partial charge >= 0.3 is 0 Å². The van der Waals surface area contributed by atoms with Crippen molar-refractivity contribution >= 4 is 5.96 Å². The first-order valence-corrected chi connectivity index (χ1v) is 8.76. The highest BCUT2D eigenvalue weighted by molar-refractivity contribution is 5.79. The van der Waals surface area contributed by atoms with Crippen LogP contribution in [0, 0.1) is 17.8 Å². The predicted molar refractivity (Wildman–Crippen MR) is 88.7 cm³/mol. The molecule has 122 valence electrons. The standard InChI is InChI=1S/C17H33N3O/c1-4-18-17(20(3)12-16-9-10-21-13-16)19-11-15-7-5-14(2)6-8-15/h14-16H,4-13H2,1-3H3,(H,18,19). The normalized spacial score (nSPS) is 30.4. The van der Waals surface area contributed by atoms with E-state index in [2.05, 4.69) is 31.1 Å². The molecule has 4 nitrogen and oxygen atoms in total. The molecule has 0 spiro atoms. The van der Waals surface area contributed by atoms with Gasteiger partial charge < -0.3 is 15.0 Å². The zero-order valence-electron chi connectivity index (χ0n) is 14.1. The van der Waals surface area contributed by atoms with Crippen LogP contribution in [0.5, 0.6) is 0 Å². The van der Waals surface area contributed by atoms with Crippen LogP contribution in [0.4, 0.5) is 0 Å². The molecule has 2 aliphatic rings. The highest BCUT2D eigenvalue weighted by atomic mass is 16.5. The summed E-state index contributed by atoms with van der Waals surface area (Å²) in [6.07, 6.45) is 6.65. The number of hydrogen-bond acceptors (Lipinski definition) is 2. The Balaban J connectivity index is 1.82. The zero-order chi connectivity index (χ0) is 15.1. The summed E-state index contributed by atoms with van der Waals surface area (Å²) in [7, 11) is 2.16. The first kappa shape index (κ1) is 16.6. The summed E-state index contributed by atoms with van der Waals surface area (Å²) in [6.45, 7) is 9.32. The molecule has 1 atom stereocenters. The molecule has 1 aliphatic heterocycles. The van der Waals surface area contributed by atoms with Crippen LogP contribution in [0.25, 0.3) is 0 Å². The maximum Gasteiger partial charge on any atom is 0.193 e. The van der Waals surface area contributed by atoms with Crippen LogP contribution in [0.15, 0.2) is 4.99 Å². The second kappa shape index (κ2) is 8.62. The van der Waals surface area contributed by atoms with Crippen LogP contribution in [-0.4, -0.2) is 50.8 Å². The van der Waals surface area contributed by atoms with Gasteiger partial charge in [0.2, 0.25) is 0 Å². The van der Waals surface area contributed by atoms with Crippen LogP contribution >= 0.6 is 0 Å². The molecule has 0 aromatic carbocycles. The molecule has 2 fully saturated rings. The molecular formula is C17H33N3O. The highest BCUT2D eigenvalue weighted by Crippen LogP contribution is 2.28. The Morgan fingerprint density at radius 1 is 1.19 bits per heavy atom. The van der Waals surface area contributed by atoms with Crippen LogP contribution < -0.4 is 5.32 Å². The van der Waals surface area contributed by atoms with Crippen molar-refractivity contribution in [1.82, 2.24) is 10.2 Å². The first-order valence-electron chi connectivity index (χ1n) is 8.76. The third-order valence-electron chi connectivity index (χ3n) is 4.89. The molecule has 1 N–H and O–H groups in total. The number of nitrogens with zero attached hydrogens (tertiary/aromatic N) is 2.